The summed E-state index contributed by atoms with van der Waals surface area (Å²) in [7, 11) is 0. The number of hydrogen-bond acceptors (Lipinski definition) is 3. The highest BCUT2D eigenvalue weighted by atomic mass is 16.4. The Bertz CT molecular complexity index is 179. The zero-order valence-electron chi connectivity index (χ0n) is 7.41. The number of carbonyl (C=O) groups is 2. The predicted octanol–water partition coefficient (Wildman–Crippen LogP) is 0.404. The second kappa shape index (κ2) is 4.87. The zero-order valence-corrected chi connectivity index (χ0v) is 7.41. The molecule has 0 saturated heterocycles. The molecule has 4 nitrogen and oxygen atoms in total. The Kier molecular flexibility index (Phi) is 4.51. The van der Waals surface area contributed by atoms with Gasteiger partial charge in [0, 0.05) is 5.92 Å². The number of carboxylic acid groups (broad SMARTS) is 1. The Morgan fingerprint density at radius 3 is 2.33 bits per heavy atom. The lowest BCUT2D eigenvalue weighted by Gasteiger charge is -2.11. The molecule has 0 aromatic heterocycles. The molecule has 12 heavy (non-hydrogen) atoms. The highest BCUT2D eigenvalue weighted by Gasteiger charge is 2.25. The molecule has 70 valence electrons. The lowest BCUT2D eigenvalue weighted by atomic mass is 9.96. The van der Waals surface area contributed by atoms with Gasteiger partial charge in [0.1, 0.15) is 0 Å². The fourth-order valence-electron chi connectivity index (χ4n) is 1.00. The number of nitrogens with two attached hydrogens (primary N) is 1. The molecule has 0 heterocycles. The summed E-state index contributed by atoms with van der Waals surface area (Å²) in [5.41, 5.74) is 5.14. The van der Waals surface area contributed by atoms with E-state index in [-0.39, 0.29) is 11.7 Å². The van der Waals surface area contributed by atoms with E-state index in [4.69, 9.17) is 10.8 Å². The van der Waals surface area contributed by atoms with Crippen LogP contribution in [0.1, 0.15) is 26.7 Å². The molecule has 0 spiro atoms. The second-order valence-corrected chi connectivity index (χ2v) is 2.91. The molecule has 0 aromatic carbocycles. The van der Waals surface area contributed by atoms with Crippen LogP contribution in [0.15, 0.2) is 0 Å². The first-order chi connectivity index (χ1) is 5.50. The molecule has 2 atom stereocenters. The Hall–Kier alpha value is -0.900. The van der Waals surface area contributed by atoms with Gasteiger partial charge in [-0.15, -0.1) is 0 Å². The quantitative estimate of drug-likeness (QED) is 0.590. The van der Waals surface area contributed by atoms with Gasteiger partial charge in [0.05, 0.1) is 0 Å². The number of ketones is 1. The lowest BCUT2D eigenvalue weighted by molar-refractivity contribution is -0.143. The van der Waals surface area contributed by atoms with Crippen molar-refractivity contribution in [1.29, 1.82) is 0 Å². The van der Waals surface area contributed by atoms with Crippen LogP contribution in [-0.4, -0.2) is 22.9 Å². The minimum atomic E-state index is -1.36. The number of carboxylic acids is 1. The van der Waals surface area contributed by atoms with Crippen molar-refractivity contribution >= 4 is 11.8 Å². The van der Waals surface area contributed by atoms with Crippen molar-refractivity contribution in [3.05, 3.63) is 0 Å². The fraction of sp³-hybridized carbons (Fsp3) is 0.750. The maximum atomic E-state index is 11.2. The van der Waals surface area contributed by atoms with Gasteiger partial charge in [-0.05, 0) is 6.42 Å². The maximum Gasteiger partial charge on any atom is 0.328 e. The first-order valence-electron chi connectivity index (χ1n) is 4.02. The van der Waals surface area contributed by atoms with Crippen molar-refractivity contribution in [3.8, 4) is 0 Å². The van der Waals surface area contributed by atoms with E-state index < -0.39 is 12.0 Å². The molecule has 0 aliphatic carbocycles. The van der Waals surface area contributed by atoms with Gasteiger partial charge in [-0.2, -0.15) is 0 Å². The van der Waals surface area contributed by atoms with Gasteiger partial charge in [0.25, 0.3) is 0 Å². The number of aliphatic carboxylic acids is 1. The Labute approximate surface area is 71.8 Å². The molecule has 0 aliphatic rings. The monoisotopic (exact) mass is 173 g/mol. The summed E-state index contributed by atoms with van der Waals surface area (Å²) in [5, 5.41) is 8.42. The highest BCUT2D eigenvalue weighted by Crippen LogP contribution is 2.07. The molecule has 0 bridgehead atoms. The normalized spacial score (nSPS) is 15.2. The lowest BCUT2D eigenvalue weighted by Crippen LogP contribution is -2.41. The molecule has 3 N–H and O–H groups in total. The number of carbonyl (C=O) groups excluding carboxylic acids is 1. The van der Waals surface area contributed by atoms with E-state index in [2.05, 4.69) is 0 Å². The predicted molar refractivity (Wildman–Crippen MR) is 44.7 cm³/mol. The van der Waals surface area contributed by atoms with Crippen LogP contribution in [0.4, 0.5) is 0 Å². The van der Waals surface area contributed by atoms with Gasteiger partial charge in [-0.25, -0.2) is 0 Å². The summed E-state index contributed by atoms with van der Waals surface area (Å²) >= 11 is 0. The van der Waals surface area contributed by atoms with E-state index in [1.807, 2.05) is 6.92 Å². The van der Waals surface area contributed by atoms with Gasteiger partial charge in [0.2, 0.25) is 0 Å². The number of Topliss-reactive ketones (excluding diaryl/α,β-unsaturated/α-hetero) is 1. The van der Waals surface area contributed by atoms with Gasteiger partial charge in [0.15, 0.2) is 11.8 Å². The number of hydrogen-bond donors (Lipinski definition) is 2. The van der Waals surface area contributed by atoms with Crippen LogP contribution in [0.25, 0.3) is 0 Å². The van der Waals surface area contributed by atoms with Crippen LogP contribution in [0, 0.1) is 5.92 Å². The minimum Gasteiger partial charge on any atom is -0.480 e. The fourth-order valence-corrected chi connectivity index (χ4v) is 1.00. The van der Waals surface area contributed by atoms with Crippen molar-refractivity contribution in [3.63, 3.8) is 0 Å². The number of rotatable bonds is 5. The molecular formula is C8H15NO3. The molecule has 0 saturated carbocycles. The van der Waals surface area contributed by atoms with Crippen molar-refractivity contribution in [2.24, 2.45) is 11.7 Å². The van der Waals surface area contributed by atoms with Crippen LogP contribution >= 0.6 is 0 Å². The van der Waals surface area contributed by atoms with Crippen molar-refractivity contribution < 1.29 is 14.7 Å². The van der Waals surface area contributed by atoms with E-state index in [0.29, 0.717) is 6.42 Å². The van der Waals surface area contributed by atoms with E-state index in [9.17, 15) is 9.59 Å². The van der Waals surface area contributed by atoms with Gasteiger partial charge < -0.3 is 10.8 Å². The van der Waals surface area contributed by atoms with Crippen LogP contribution in [-0.2, 0) is 9.59 Å². The summed E-state index contributed by atoms with van der Waals surface area (Å²) < 4.78 is 0. The first-order valence-corrected chi connectivity index (χ1v) is 4.02. The summed E-state index contributed by atoms with van der Waals surface area (Å²) in [6.45, 7) is 3.64. The SMILES string of the molecule is CCCC(C)C(=O)C(N)C(=O)O. The second-order valence-electron chi connectivity index (χ2n) is 2.91. The highest BCUT2D eigenvalue weighted by molar-refractivity contribution is 6.02. The Morgan fingerprint density at radius 2 is 2.00 bits per heavy atom. The van der Waals surface area contributed by atoms with E-state index >= 15 is 0 Å². The van der Waals surface area contributed by atoms with Crippen LogP contribution in [0.5, 0.6) is 0 Å². The maximum absolute atomic E-state index is 11.2. The van der Waals surface area contributed by atoms with Gasteiger partial charge in [-0.3, -0.25) is 9.59 Å². The van der Waals surface area contributed by atoms with Gasteiger partial charge in [-0.1, -0.05) is 20.3 Å². The molecule has 4 heteroatoms. The first kappa shape index (κ1) is 11.1. The third kappa shape index (κ3) is 3.00. The molecular weight excluding hydrogens is 158 g/mol. The van der Waals surface area contributed by atoms with Crippen LogP contribution in [0.3, 0.4) is 0 Å². The topological polar surface area (TPSA) is 80.4 Å². The molecule has 0 aromatic rings. The Balaban J connectivity index is 4.09. The molecule has 0 fully saturated rings. The third-order valence-corrected chi connectivity index (χ3v) is 1.78. The van der Waals surface area contributed by atoms with E-state index in [1.54, 1.807) is 6.92 Å². The molecule has 0 radical (unpaired) electrons. The minimum absolute atomic E-state index is 0.249. The summed E-state index contributed by atoms with van der Waals surface area (Å²) in [5.74, 6) is -1.88. The zero-order chi connectivity index (χ0) is 9.72. The summed E-state index contributed by atoms with van der Waals surface area (Å²) in [4.78, 5) is 21.5. The average molecular weight is 173 g/mol. The van der Waals surface area contributed by atoms with E-state index in [0.717, 1.165) is 6.42 Å². The van der Waals surface area contributed by atoms with Crippen molar-refractivity contribution in [1.82, 2.24) is 0 Å². The smallest absolute Gasteiger partial charge is 0.328 e. The Morgan fingerprint density at radius 1 is 1.50 bits per heavy atom. The average Bonchev–Trinajstić information content (AvgIpc) is 2.02. The van der Waals surface area contributed by atoms with E-state index in [1.165, 1.54) is 0 Å². The van der Waals surface area contributed by atoms with Crippen molar-refractivity contribution in [2.75, 3.05) is 0 Å². The molecule has 0 amide bonds. The molecule has 0 aliphatic heterocycles. The third-order valence-electron chi connectivity index (χ3n) is 1.78. The van der Waals surface area contributed by atoms with Gasteiger partial charge >= 0.3 is 5.97 Å². The largest absolute Gasteiger partial charge is 0.480 e. The van der Waals surface area contributed by atoms with Crippen LogP contribution in [0.2, 0.25) is 0 Å². The molecule has 2 unspecified atom stereocenters. The van der Waals surface area contributed by atoms with Crippen LogP contribution < -0.4 is 5.73 Å². The molecule has 0 rings (SSSR count). The standard InChI is InChI=1S/C8H15NO3/c1-3-4-5(2)7(10)6(9)8(11)12/h5-6H,3-4,9H2,1-2H3,(H,11,12). The van der Waals surface area contributed by atoms with Crippen molar-refractivity contribution in [2.45, 2.75) is 32.7 Å². The summed E-state index contributed by atoms with van der Waals surface area (Å²) in [6.07, 6.45) is 1.55. The summed E-state index contributed by atoms with van der Waals surface area (Å²) in [6, 6.07) is -1.36.